The van der Waals surface area contributed by atoms with Gasteiger partial charge >= 0.3 is 5.97 Å². The summed E-state index contributed by atoms with van der Waals surface area (Å²) < 4.78 is 0. The zero-order chi connectivity index (χ0) is 14.8. The van der Waals surface area contributed by atoms with Gasteiger partial charge in [0.05, 0.1) is 5.69 Å². The highest BCUT2D eigenvalue weighted by Gasteiger charge is 2.32. The highest BCUT2D eigenvalue weighted by Crippen LogP contribution is 2.36. The van der Waals surface area contributed by atoms with Crippen LogP contribution in [-0.4, -0.2) is 22.6 Å². The van der Waals surface area contributed by atoms with Crippen molar-refractivity contribution in [1.82, 2.24) is 4.98 Å². The van der Waals surface area contributed by atoms with Crippen molar-refractivity contribution >= 4 is 22.4 Å². The van der Waals surface area contributed by atoms with E-state index in [1.165, 1.54) is 43.4 Å². The van der Waals surface area contributed by atoms with E-state index < -0.39 is 11.4 Å². The molecule has 0 radical (unpaired) electrons. The highest BCUT2D eigenvalue weighted by molar-refractivity contribution is 7.13. The molecule has 0 bridgehead atoms. The lowest BCUT2D eigenvalue weighted by Crippen LogP contribution is -2.30. The van der Waals surface area contributed by atoms with E-state index in [9.17, 15) is 9.90 Å². The number of carbonyl (C=O) groups is 1. The van der Waals surface area contributed by atoms with E-state index in [0.717, 1.165) is 11.7 Å². The molecule has 1 aliphatic rings. The lowest BCUT2D eigenvalue weighted by Gasteiger charge is -2.33. The lowest BCUT2D eigenvalue weighted by atomic mass is 9.76. The Hall–Kier alpha value is -1.10. The second kappa shape index (κ2) is 5.72. The van der Waals surface area contributed by atoms with Crippen molar-refractivity contribution in [2.45, 2.75) is 58.3 Å². The molecule has 0 atom stereocenters. The molecule has 1 aromatic rings. The van der Waals surface area contributed by atoms with Gasteiger partial charge in [0, 0.05) is 11.9 Å². The van der Waals surface area contributed by atoms with Gasteiger partial charge in [0.25, 0.3) is 0 Å². The Morgan fingerprint density at radius 1 is 1.45 bits per heavy atom. The topological polar surface area (TPSA) is 62.2 Å². The van der Waals surface area contributed by atoms with Crippen LogP contribution >= 0.6 is 11.3 Å². The minimum absolute atomic E-state index is 0.354. The first kappa shape index (κ1) is 15.3. The summed E-state index contributed by atoms with van der Waals surface area (Å²) in [5.41, 5.74) is 0.0590. The molecule has 0 aliphatic heterocycles. The van der Waals surface area contributed by atoms with Gasteiger partial charge in [-0.1, -0.05) is 26.2 Å². The number of nitrogens with zero attached hydrogens (tertiary/aromatic N) is 1. The third-order valence-corrected chi connectivity index (χ3v) is 5.21. The van der Waals surface area contributed by atoms with Crippen molar-refractivity contribution in [1.29, 1.82) is 0 Å². The van der Waals surface area contributed by atoms with E-state index in [1.54, 1.807) is 13.8 Å². The van der Waals surface area contributed by atoms with Crippen molar-refractivity contribution in [3.05, 3.63) is 11.1 Å². The van der Waals surface area contributed by atoms with E-state index in [4.69, 9.17) is 0 Å². The quantitative estimate of drug-likeness (QED) is 0.865. The van der Waals surface area contributed by atoms with Crippen LogP contribution < -0.4 is 5.32 Å². The average molecular weight is 296 g/mol. The van der Waals surface area contributed by atoms with Crippen LogP contribution in [0.25, 0.3) is 0 Å². The zero-order valence-electron chi connectivity index (χ0n) is 12.5. The Morgan fingerprint density at radius 2 is 2.10 bits per heavy atom. The van der Waals surface area contributed by atoms with Crippen LogP contribution in [0.5, 0.6) is 0 Å². The molecule has 4 nitrogen and oxygen atoms in total. The summed E-state index contributed by atoms with van der Waals surface area (Å²) in [7, 11) is 0. The van der Waals surface area contributed by atoms with E-state index in [0.29, 0.717) is 11.1 Å². The van der Waals surface area contributed by atoms with Gasteiger partial charge in [0.2, 0.25) is 0 Å². The molecule has 2 rings (SSSR count). The minimum Gasteiger partial charge on any atom is -0.481 e. The molecule has 1 aliphatic carbocycles. The van der Waals surface area contributed by atoms with Gasteiger partial charge in [-0.05, 0) is 32.1 Å². The molecule has 0 spiro atoms. The summed E-state index contributed by atoms with van der Waals surface area (Å²) in [6.45, 7) is 6.63. The smallest absolute Gasteiger partial charge is 0.315 e. The third kappa shape index (κ3) is 3.32. The first-order chi connectivity index (χ1) is 9.33. The highest BCUT2D eigenvalue weighted by atomic mass is 32.1. The number of nitrogens with one attached hydrogen (secondary N) is 1. The molecule has 5 heteroatoms. The monoisotopic (exact) mass is 296 g/mol. The molecular weight excluding hydrogens is 272 g/mol. The van der Waals surface area contributed by atoms with E-state index in [1.807, 2.05) is 5.38 Å². The fourth-order valence-electron chi connectivity index (χ4n) is 2.62. The summed E-state index contributed by atoms with van der Waals surface area (Å²) in [5, 5.41) is 15.3. The number of hydrogen-bond acceptors (Lipinski definition) is 4. The molecule has 1 aromatic heterocycles. The maximum absolute atomic E-state index is 11.2. The SMILES string of the molecule is CC1(CNc2nc(C(C)(C)C(=O)O)cs2)CCCCC1. The fraction of sp³-hybridized carbons (Fsp3) is 0.733. The Morgan fingerprint density at radius 3 is 2.70 bits per heavy atom. The van der Waals surface area contributed by atoms with Crippen molar-refractivity contribution in [3.63, 3.8) is 0 Å². The van der Waals surface area contributed by atoms with Gasteiger partial charge in [0.1, 0.15) is 5.41 Å². The molecule has 1 fully saturated rings. The normalized spacial score (nSPS) is 18.8. The van der Waals surface area contributed by atoms with Gasteiger partial charge < -0.3 is 10.4 Å². The van der Waals surface area contributed by atoms with Crippen molar-refractivity contribution in [2.75, 3.05) is 11.9 Å². The molecule has 112 valence electrons. The maximum Gasteiger partial charge on any atom is 0.315 e. The van der Waals surface area contributed by atoms with Gasteiger partial charge in [-0.25, -0.2) is 4.98 Å². The summed E-state index contributed by atoms with van der Waals surface area (Å²) >= 11 is 1.50. The van der Waals surface area contributed by atoms with Crippen LogP contribution in [0.3, 0.4) is 0 Å². The van der Waals surface area contributed by atoms with Crippen LogP contribution in [0.1, 0.15) is 58.6 Å². The Labute approximate surface area is 124 Å². The van der Waals surface area contributed by atoms with Crippen LogP contribution in [0, 0.1) is 5.41 Å². The van der Waals surface area contributed by atoms with Gasteiger partial charge in [-0.2, -0.15) is 0 Å². The Balaban J connectivity index is 1.98. The number of rotatable bonds is 5. The molecule has 0 aromatic carbocycles. The summed E-state index contributed by atoms with van der Waals surface area (Å²) in [6, 6.07) is 0. The zero-order valence-corrected chi connectivity index (χ0v) is 13.3. The summed E-state index contributed by atoms with van der Waals surface area (Å²) in [5.74, 6) is -0.839. The largest absolute Gasteiger partial charge is 0.481 e. The average Bonchev–Trinajstić information content (AvgIpc) is 2.87. The standard InChI is InChI=1S/C15H24N2O2S/c1-14(2,12(18)19)11-9-20-13(17-11)16-10-15(3)7-5-4-6-8-15/h9H,4-8,10H2,1-3H3,(H,16,17)(H,18,19). The Kier molecular flexibility index (Phi) is 4.37. The van der Waals surface area contributed by atoms with E-state index in [2.05, 4.69) is 17.2 Å². The molecule has 0 unspecified atom stereocenters. The minimum atomic E-state index is -0.925. The molecule has 1 heterocycles. The van der Waals surface area contributed by atoms with Crippen molar-refractivity contribution in [2.24, 2.45) is 5.41 Å². The van der Waals surface area contributed by atoms with Crippen LogP contribution in [-0.2, 0) is 10.2 Å². The van der Waals surface area contributed by atoms with Gasteiger partial charge in [0.15, 0.2) is 5.13 Å². The summed E-state index contributed by atoms with van der Waals surface area (Å²) in [4.78, 5) is 15.7. The number of thiazole rings is 1. The maximum atomic E-state index is 11.2. The number of aliphatic carboxylic acids is 1. The third-order valence-electron chi connectivity index (χ3n) is 4.41. The number of aromatic nitrogens is 1. The second-order valence-corrected chi connectivity index (χ2v) is 7.55. The van der Waals surface area contributed by atoms with Gasteiger partial charge in [-0.3, -0.25) is 4.79 Å². The van der Waals surface area contributed by atoms with Crippen LogP contribution in [0.4, 0.5) is 5.13 Å². The van der Waals surface area contributed by atoms with Gasteiger partial charge in [-0.15, -0.1) is 11.3 Å². The fourth-order valence-corrected chi connectivity index (χ4v) is 3.50. The molecule has 20 heavy (non-hydrogen) atoms. The van der Waals surface area contributed by atoms with E-state index in [-0.39, 0.29) is 0 Å². The molecule has 1 saturated carbocycles. The second-order valence-electron chi connectivity index (χ2n) is 6.69. The van der Waals surface area contributed by atoms with Crippen LogP contribution in [0.2, 0.25) is 0 Å². The van der Waals surface area contributed by atoms with Crippen molar-refractivity contribution < 1.29 is 9.90 Å². The molecular formula is C15H24N2O2S. The molecule has 2 N–H and O–H groups in total. The molecule has 0 amide bonds. The molecule has 0 saturated heterocycles. The number of carboxylic acids is 1. The van der Waals surface area contributed by atoms with E-state index >= 15 is 0 Å². The number of carboxylic acid groups (broad SMARTS) is 1. The number of hydrogen-bond donors (Lipinski definition) is 2. The number of anilines is 1. The Bertz CT molecular complexity index is 476. The van der Waals surface area contributed by atoms with Crippen molar-refractivity contribution in [3.8, 4) is 0 Å². The summed E-state index contributed by atoms with van der Waals surface area (Å²) in [6.07, 6.45) is 6.50. The first-order valence-electron chi connectivity index (χ1n) is 7.27. The predicted molar refractivity (Wildman–Crippen MR) is 82.5 cm³/mol. The van der Waals surface area contributed by atoms with Crippen LogP contribution in [0.15, 0.2) is 5.38 Å². The predicted octanol–water partition coefficient (Wildman–Crippen LogP) is 3.89. The lowest BCUT2D eigenvalue weighted by molar-refractivity contribution is -0.142. The first-order valence-corrected chi connectivity index (χ1v) is 8.15.